The molecule has 1 unspecified atom stereocenters. The van der Waals surface area contributed by atoms with Crippen LogP contribution in [-0.2, 0) is 4.79 Å². The zero-order valence-corrected chi connectivity index (χ0v) is 15.9. The Balaban J connectivity index is 1.84. The number of nitrogens with zero attached hydrogens (tertiary/aromatic N) is 3. The number of hydrogen-bond acceptors (Lipinski definition) is 5. The van der Waals surface area contributed by atoms with Gasteiger partial charge in [0.25, 0.3) is 0 Å². The molecule has 0 saturated carbocycles. The summed E-state index contributed by atoms with van der Waals surface area (Å²) in [7, 11) is 0. The van der Waals surface area contributed by atoms with Crippen molar-refractivity contribution in [2.45, 2.75) is 13.0 Å². The number of carbonyl (C=O) groups is 1. The molecule has 0 bridgehead atoms. The van der Waals surface area contributed by atoms with E-state index in [-0.39, 0.29) is 0 Å². The normalized spacial score (nSPS) is 15.6. The topological polar surface area (TPSA) is 78.8 Å². The number of rotatable bonds is 5. The van der Waals surface area contributed by atoms with Crippen LogP contribution in [0, 0.1) is 5.82 Å². The number of nitrogens with two attached hydrogens (primary N) is 2. The van der Waals surface area contributed by atoms with Gasteiger partial charge in [0.1, 0.15) is 5.82 Å². The van der Waals surface area contributed by atoms with Crippen LogP contribution >= 0.6 is 11.6 Å². The van der Waals surface area contributed by atoms with Gasteiger partial charge >= 0.3 is 0 Å². The van der Waals surface area contributed by atoms with Gasteiger partial charge < -0.3 is 20.5 Å². The average Bonchev–Trinajstić information content (AvgIpc) is 2.67. The molecule has 4 N–H and O–H groups in total. The van der Waals surface area contributed by atoms with E-state index in [1.165, 1.54) is 11.1 Å². The van der Waals surface area contributed by atoms with Crippen LogP contribution in [0.4, 0.5) is 21.5 Å². The highest BCUT2D eigenvalue weighted by atomic mass is 35.5. The van der Waals surface area contributed by atoms with Gasteiger partial charge in [0.2, 0.25) is 6.41 Å². The second-order valence-corrected chi connectivity index (χ2v) is 7.06. The first kappa shape index (κ1) is 19.3. The Hall–Kier alpha value is -2.51. The van der Waals surface area contributed by atoms with E-state index in [9.17, 15) is 9.18 Å². The van der Waals surface area contributed by atoms with E-state index in [4.69, 9.17) is 23.2 Å². The lowest BCUT2D eigenvalue weighted by atomic mass is 10.1. The standard InChI is InChI=1S/C19H23ClFN5O/c1-13(16-4-2-14(20)10-17(16)21)26(23)19-11-15(3-5-18(19)22)25-8-6-24(12-27)7-9-25/h2-5,10-13H,6-9,22-23H2,1H3. The Morgan fingerprint density at radius 1 is 1.19 bits per heavy atom. The Labute approximate surface area is 163 Å². The van der Waals surface area contributed by atoms with Gasteiger partial charge in [0, 0.05) is 42.5 Å². The fourth-order valence-electron chi connectivity index (χ4n) is 3.24. The molecular weight excluding hydrogens is 369 g/mol. The first-order chi connectivity index (χ1) is 12.9. The molecule has 1 fully saturated rings. The van der Waals surface area contributed by atoms with E-state index in [2.05, 4.69) is 4.90 Å². The van der Waals surface area contributed by atoms with Crippen molar-refractivity contribution in [3.8, 4) is 0 Å². The van der Waals surface area contributed by atoms with Gasteiger partial charge in [-0.15, -0.1) is 0 Å². The number of carbonyl (C=O) groups excluding carboxylic acids is 1. The lowest BCUT2D eigenvalue weighted by molar-refractivity contribution is -0.118. The number of anilines is 3. The number of hydrazine groups is 1. The quantitative estimate of drug-likeness (QED) is 0.354. The molecule has 3 rings (SSSR count). The van der Waals surface area contributed by atoms with Crippen molar-refractivity contribution < 1.29 is 9.18 Å². The highest BCUT2D eigenvalue weighted by Gasteiger charge is 2.21. The molecule has 6 nitrogen and oxygen atoms in total. The summed E-state index contributed by atoms with van der Waals surface area (Å²) in [6.45, 7) is 4.60. The SMILES string of the molecule is CC(c1ccc(Cl)cc1F)N(N)c1cc(N2CCN(C=O)CC2)ccc1N. The van der Waals surface area contributed by atoms with Gasteiger partial charge in [0.15, 0.2) is 0 Å². The van der Waals surface area contributed by atoms with Crippen LogP contribution in [0.3, 0.4) is 0 Å². The third-order valence-corrected chi connectivity index (χ3v) is 5.19. The summed E-state index contributed by atoms with van der Waals surface area (Å²) in [5.74, 6) is 5.89. The monoisotopic (exact) mass is 391 g/mol. The number of halogens is 2. The third kappa shape index (κ3) is 4.09. The molecule has 2 aromatic rings. The Morgan fingerprint density at radius 3 is 2.52 bits per heavy atom. The minimum absolute atomic E-state index is 0.336. The van der Waals surface area contributed by atoms with Crippen molar-refractivity contribution in [3.05, 3.63) is 52.8 Å². The maximum Gasteiger partial charge on any atom is 0.209 e. The van der Waals surface area contributed by atoms with E-state index in [1.807, 2.05) is 12.1 Å². The molecule has 1 amide bonds. The summed E-state index contributed by atoms with van der Waals surface area (Å²) in [5.41, 5.74) is 8.66. The predicted molar refractivity (Wildman–Crippen MR) is 107 cm³/mol. The molecule has 1 heterocycles. The molecule has 8 heteroatoms. The van der Waals surface area contributed by atoms with Crippen molar-refractivity contribution in [2.75, 3.05) is 41.8 Å². The van der Waals surface area contributed by atoms with Crippen LogP contribution in [-0.4, -0.2) is 37.5 Å². The van der Waals surface area contributed by atoms with Crippen molar-refractivity contribution in [3.63, 3.8) is 0 Å². The zero-order chi connectivity index (χ0) is 19.6. The number of piperazine rings is 1. The molecule has 1 saturated heterocycles. The van der Waals surface area contributed by atoms with Crippen LogP contribution in [0.2, 0.25) is 5.02 Å². The van der Waals surface area contributed by atoms with Crippen LogP contribution in [0.5, 0.6) is 0 Å². The predicted octanol–water partition coefficient (Wildman–Crippen LogP) is 2.78. The fourth-order valence-corrected chi connectivity index (χ4v) is 3.40. The Bertz CT molecular complexity index is 826. The minimum atomic E-state index is -0.438. The van der Waals surface area contributed by atoms with Gasteiger partial charge in [-0.2, -0.15) is 0 Å². The molecular formula is C19H23ClFN5O. The molecule has 0 spiro atoms. The van der Waals surface area contributed by atoms with E-state index in [1.54, 1.807) is 30.0 Å². The van der Waals surface area contributed by atoms with E-state index < -0.39 is 11.9 Å². The summed E-state index contributed by atoms with van der Waals surface area (Å²) in [6, 6.07) is 9.71. The van der Waals surface area contributed by atoms with Gasteiger partial charge in [0.05, 0.1) is 17.4 Å². The Morgan fingerprint density at radius 2 is 1.89 bits per heavy atom. The molecule has 0 aliphatic carbocycles. The van der Waals surface area contributed by atoms with Crippen LogP contribution < -0.4 is 21.5 Å². The molecule has 1 aliphatic heterocycles. The molecule has 27 heavy (non-hydrogen) atoms. The van der Waals surface area contributed by atoms with Crippen molar-refractivity contribution in [2.24, 2.45) is 5.84 Å². The molecule has 1 aliphatic rings. The van der Waals surface area contributed by atoms with Crippen LogP contribution in [0.25, 0.3) is 0 Å². The van der Waals surface area contributed by atoms with Gasteiger partial charge in [-0.1, -0.05) is 17.7 Å². The fraction of sp³-hybridized carbons (Fsp3) is 0.316. The Kier molecular flexibility index (Phi) is 5.72. The van der Waals surface area contributed by atoms with Crippen LogP contribution in [0.15, 0.2) is 36.4 Å². The maximum atomic E-state index is 14.3. The zero-order valence-electron chi connectivity index (χ0n) is 15.1. The third-order valence-electron chi connectivity index (χ3n) is 4.95. The van der Waals surface area contributed by atoms with Crippen LogP contribution in [0.1, 0.15) is 18.5 Å². The van der Waals surface area contributed by atoms with Crippen molar-refractivity contribution in [1.29, 1.82) is 0 Å². The first-order valence-electron chi connectivity index (χ1n) is 8.73. The summed E-state index contributed by atoms with van der Waals surface area (Å²) in [6.07, 6.45) is 0.871. The molecule has 2 aromatic carbocycles. The van der Waals surface area contributed by atoms with E-state index >= 15 is 0 Å². The highest BCUT2D eigenvalue weighted by Crippen LogP contribution is 2.33. The largest absolute Gasteiger partial charge is 0.397 e. The van der Waals surface area contributed by atoms with Gasteiger partial charge in [-0.3, -0.25) is 4.79 Å². The van der Waals surface area contributed by atoms with Crippen molar-refractivity contribution in [1.82, 2.24) is 4.90 Å². The first-order valence-corrected chi connectivity index (χ1v) is 9.11. The van der Waals surface area contributed by atoms with Gasteiger partial charge in [-0.25, -0.2) is 10.2 Å². The summed E-state index contributed by atoms with van der Waals surface area (Å²) >= 11 is 5.84. The summed E-state index contributed by atoms with van der Waals surface area (Å²) < 4.78 is 14.3. The number of benzene rings is 2. The molecule has 0 radical (unpaired) electrons. The maximum absolute atomic E-state index is 14.3. The lowest BCUT2D eigenvalue weighted by Gasteiger charge is -2.35. The second-order valence-electron chi connectivity index (χ2n) is 6.62. The van der Waals surface area contributed by atoms with Crippen molar-refractivity contribution >= 4 is 35.1 Å². The van der Waals surface area contributed by atoms with Gasteiger partial charge in [-0.05, 0) is 37.3 Å². The second kappa shape index (κ2) is 8.02. The highest BCUT2D eigenvalue weighted by molar-refractivity contribution is 6.30. The number of hydrogen-bond donors (Lipinski definition) is 2. The smallest absolute Gasteiger partial charge is 0.209 e. The van der Waals surface area contributed by atoms with E-state index in [0.29, 0.717) is 35.1 Å². The summed E-state index contributed by atoms with van der Waals surface area (Å²) in [5, 5.41) is 1.80. The molecule has 1 atom stereocenters. The summed E-state index contributed by atoms with van der Waals surface area (Å²) in [4.78, 5) is 14.8. The molecule has 144 valence electrons. The average molecular weight is 392 g/mol. The minimum Gasteiger partial charge on any atom is -0.397 e. The molecule has 0 aromatic heterocycles. The lowest BCUT2D eigenvalue weighted by Crippen LogP contribution is -2.45. The number of nitrogen functional groups attached to an aromatic ring is 1. The number of amides is 1. The van der Waals surface area contributed by atoms with E-state index in [0.717, 1.165) is 25.2 Å².